The minimum absolute atomic E-state index is 0. The third-order valence-electron chi connectivity index (χ3n) is 5.45. The van der Waals surface area contributed by atoms with Crippen LogP contribution in [0.5, 0.6) is 0 Å². The summed E-state index contributed by atoms with van der Waals surface area (Å²) >= 11 is 0. The summed E-state index contributed by atoms with van der Waals surface area (Å²) in [4.78, 5) is 25.1. The van der Waals surface area contributed by atoms with E-state index in [1.807, 2.05) is 4.90 Å². The second-order valence-corrected chi connectivity index (χ2v) is 7.13. The molecule has 10 heteroatoms. The molecular weight excluding hydrogens is 384 g/mol. The van der Waals surface area contributed by atoms with Gasteiger partial charge in [0.05, 0.1) is 11.5 Å². The molecule has 0 unspecified atom stereocenters. The first-order valence-electron chi connectivity index (χ1n) is 9.21. The summed E-state index contributed by atoms with van der Waals surface area (Å²) in [5, 5.41) is 22.9. The number of halogens is 1. The molecule has 1 saturated heterocycles. The van der Waals surface area contributed by atoms with Crippen LogP contribution in [0.15, 0.2) is 18.2 Å². The van der Waals surface area contributed by atoms with Gasteiger partial charge in [-0.05, 0) is 31.4 Å². The molecule has 4 rings (SSSR count). The molecule has 9 nitrogen and oxygen atoms in total. The first-order chi connectivity index (χ1) is 13.0. The number of non-ortho nitro benzene ring substituents is 1. The number of carbonyl (C=O) groups is 1. The van der Waals surface area contributed by atoms with E-state index in [9.17, 15) is 14.9 Å². The predicted molar refractivity (Wildman–Crippen MR) is 105 cm³/mol. The number of carbonyl (C=O) groups excluding carboxylic acids is 1. The van der Waals surface area contributed by atoms with E-state index < -0.39 is 4.92 Å². The van der Waals surface area contributed by atoms with Crippen LogP contribution in [-0.2, 0) is 13.1 Å². The fourth-order valence-electron chi connectivity index (χ4n) is 3.93. The van der Waals surface area contributed by atoms with Crippen LogP contribution in [0.3, 0.4) is 0 Å². The molecule has 1 aromatic heterocycles. The SMILES string of the molecule is Cc1cc([N+](=O)[O-])ccc1C(=O)N1CCC(c2nnc3n2CCNC3)CC1.Cl. The maximum Gasteiger partial charge on any atom is 0.269 e. The summed E-state index contributed by atoms with van der Waals surface area (Å²) in [7, 11) is 0. The van der Waals surface area contributed by atoms with Crippen molar-refractivity contribution in [1.29, 1.82) is 0 Å². The van der Waals surface area contributed by atoms with Crippen molar-refractivity contribution in [2.45, 2.75) is 38.8 Å². The van der Waals surface area contributed by atoms with Crippen molar-refractivity contribution in [2.75, 3.05) is 19.6 Å². The van der Waals surface area contributed by atoms with Crippen LogP contribution < -0.4 is 5.32 Å². The van der Waals surface area contributed by atoms with Crippen LogP contribution in [0.4, 0.5) is 5.69 Å². The molecule has 1 amide bonds. The van der Waals surface area contributed by atoms with Gasteiger partial charge in [-0.2, -0.15) is 0 Å². The molecule has 0 bridgehead atoms. The van der Waals surface area contributed by atoms with Gasteiger partial charge in [-0.15, -0.1) is 22.6 Å². The molecular formula is C18H23ClN6O3. The maximum absolute atomic E-state index is 12.8. The van der Waals surface area contributed by atoms with Crippen molar-refractivity contribution in [3.05, 3.63) is 51.1 Å². The van der Waals surface area contributed by atoms with Gasteiger partial charge in [0.25, 0.3) is 11.6 Å². The summed E-state index contributed by atoms with van der Waals surface area (Å²) in [5.74, 6) is 2.26. The number of amides is 1. The van der Waals surface area contributed by atoms with Crippen molar-refractivity contribution in [1.82, 2.24) is 25.0 Å². The van der Waals surface area contributed by atoms with E-state index >= 15 is 0 Å². The van der Waals surface area contributed by atoms with Crippen molar-refractivity contribution in [2.24, 2.45) is 0 Å². The molecule has 0 atom stereocenters. The van der Waals surface area contributed by atoms with Gasteiger partial charge in [0.1, 0.15) is 11.6 Å². The van der Waals surface area contributed by atoms with Crippen molar-refractivity contribution in [3.63, 3.8) is 0 Å². The van der Waals surface area contributed by atoms with E-state index in [1.54, 1.807) is 13.0 Å². The van der Waals surface area contributed by atoms with Gasteiger partial charge in [0.2, 0.25) is 0 Å². The smallest absolute Gasteiger partial charge is 0.269 e. The Bertz CT molecular complexity index is 891. The van der Waals surface area contributed by atoms with E-state index in [0.29, 0.717) is 30.1 Å². The summed E-state index contributed by atoms with van der Waals surface area (Å²) in [6, 6.07) is 4.41. The minimum atomic E-state index is -0.443. The first kappa shape index (κ1) is 20.2. The summed E-state index contributed by atoms with van der Waals surface area (Å²) in [6.07, 6.45) is 1.70. The van der Waals surface area contributed by atoms with E-state index in [-0.39, 0.29) is 24.0 Å². The number of hydrogen-bond acceptors (Lipinski definition) is 6. The molecule has 2 aromatic rings. The van der Waals surface area contributed by atoms with E-state index in [4.69, 9.17) is 0 Å². The zero-order valence-electron chi connectivity index (χ0n) is 15.6. The molecule has 2 aliphatic heterocycles. The van der Waals surface area contributed by atoms with Crippen LogP contribution in [0, 0.1) is 17.0 Å². The van der Waals surface area contributed by atoms with Gasteiger partial charge in [0, 0.05) is 49.8 Å². The average molecular weight is 407 g/mol. The van der Waals surface area contributed by atoms with Crippen molar-refractivity contribution < 1.29 is 9.72 Å². The number of fused-ring (bicyclic) bond motifs is 1. The largest absolute Gasteiger partial charge is 0.339 e. The number of likely N-dealkylation sites (tertiary alicyclic amines) is 1. The molecule has 1 aromatic carbocycles. The molecule has 0 saturated carbocycles. The zero-order valence-corrected chi connectivity index (χ0v) is 16.4. The van der Waals surface area contributed by atoms with Crippen LogP contribution in [0.25, 0.3) is 0 Å². The molecule has 1 N–H and O–H groups in total. The number of nitro benzene ring substituents is 1. The van der Waals surface area contributed by atoms with Gasteiger partial charge >= 0.3 is 0 Å². The van der Waals surface area contributed by atoms with Gasteiger partial charge in [-0.25, -0.2) is 0 Å². The number of nitro groups is 1. The van der Waals surface area contributed by atoms with Gasteiger partial charge in [0.15, 0.2) is 0 Å². The average Bonchev–Trinajstić information content (AvgIpc) is 3.11. The third kappa shape index (κ3) is 3.72. The fourth-order valence-corrected chi connectivity index (χ4v) is 3.93. The fraction of sp³-hybridized carbons (Fsp3) is 0.500. The monoisotopic (exact) mass is 406 g/mol. The third-order valence-corrected chi connectivity index (χ3v) is 5.45. The molecule has 0 spiro atoms. The zero-order chi connectivity index (χ0) is 19.0. The Kier molecular flexibility index (Phi) is 5.95. The lowest BCUT2D eigenvalue weighted by atomic mass is 9.95. The molecule has 0 radical (unpaired) electrons. The molecule has 1 fully saturated rings. The highest BCUT2D eigenvalue weighted by molar-refractivity contribution is 5.96. The van der Waals surface area contributed by atoms with Crippen LogP contribution in [0.1, 0.15) is 46.3 Å². The summed E-state index contributed by atoms with van der Waals surface area (Å²) in [6.45, 7) is 5.61. The van der Waals surface area contributed by atoms with Crippen molar-refractivity contribution in [3.8, 4) is 0 Å². The topological polar surface area (TPSA) is 106 Å². The number of nitrogens with one attached hydrogen (secondary N) is 1. The summed E-state index contributed by atoms with van der Waals surface area (Å²) < 4.78 is 2.21. The van der Waals surface area contributed by atoms with Crippen molar-refractivity contribution >= 4 is 24.0 Å². The Morgan fingerprint density at radius 2 is 2.00 bits per heavy atom. The quantitative estimate of drug-likeness (QED) is 0.617. The Hall–Kier alpha value is -2.52. The number of aryl methyl sites for hydroxylation is 1. The second kappa shape index (κ2) is 8.24. The van der Waals surface area contributed by atoms with E-state index in [1.165, 1.54) is 12.1 Å². The molecule has 28 heavy (non-hydrogen) atoms. The number of nitrogens with zero attached hydrogens (tertiary/aromatic N) is 5. The second-order valence-electron chi connectivity index (χ2n) is 7.13. The molecule has 3 heterocycles. The summed E-state index contributed by atoms with van der Waals surface area (Å²) in [5.41, 5.74) is 1.18. The highest BCUT2D eigenvalue weighted by Gasteiger charge is 2.29. The Balaban J connectivity index is 0.00000225. The Morgan fingerprint density at radius 1 is 1.25 bits per heavy atom. The van der Waals surface area contributed by atoms with Crippen LogP contribution in [0.2, 0.25) is 0 Å². The molecule has 2 aliphatic rings. The number of benzene rings is 1. The standard InChI is InChI=1S/C18H22N6O3.ClH/c1-12-10-14(24(26)27)2-3-15(12)18(25)22-7-4-13(5-8-22)17-21-20-16-11-19-6-9-23(16)17;/h2-3,10,13,19H,4-9,11H2,1H3;1H. The molecule has 0 aliphatic carbocycles. The number of piperidine rings is 1. The van der Waals surface area contributed by atoms with Gasteiger partial charge in [-0.3, -0.25) is 14.9 Å². The predicted octanol–water partition coefficient (Wildman–Crippen LogP) is 2.04. The number of rotatable bonds is 3. The molecule has 150 valence electrons. The Labute approximate surface area is 168 Å². The maximum atomic E-state index is 12.8. The highest BCUT2D eigenvalue weighted by Crippen LogP contribution is 2.29. The van der Waals surface area contributed by atoms with Gasteiger partial charge < -0.3 is 14.8 Å². The lowest BCUT2D eigenvalue weighted by Crippen LogP contribution is -2.39. The Morgan fingerprint density at radius 3 is 2.68 bits per heavy atom. The lowest BCUT2D eigenvalue weighted by molar-refractivity contribution is -0.384. The van der Waals surface area contributed by atoms with E-state index in [2.05, 4.69) is 20.1 Å². The minimum Gasteiger partial charge on any atom is -0.339 e. The number of aromatic nitrogens is 3. The van der Waals surface area contributed by atoms with Crippen LogP contribution >= 0.6 is 12.4 Å². The van der Waals surface area contributed by atoms with E-state index in [0.717, 1.165) is 44.1 Å². The lowest BCUT2D eigenvalue weighted by Gasteiger charge is -2.32. The first-order valence-corrected chi connectivity index (χ1v) is 9.21. The van der Waals surface area contributed by atoms with Crippen LogP contribution in [-0.4, -0.2) is 50.1 Å². The highest BCUT2D eigenvalue weighted by atomic mass is 35.5. The van der Waals surface area contributed by atoms with Gasteiger partial charge in [-0.1, -0.05) is 0 Å². The normalized spacial score (nSPS) is 17.0. The number of hydrogen-bond donors (Lipinski definition) is 1.